The van der Waals surface area contributed by atoms with Crippen LogP contribution >= 0.6 is 23.2 Å². The molecule has 0 bridgehead atoms. The molecule has 1 aromatic carbocycles. The summed E-state index contributed by atoms with van der Waals surface area (Å²) in [7, 11) is 1.40. The van der Waals surface area contributed by atoms with E-state index in [9.17, 15) is 51.1 Å². The molecule has 6 atom stereocenters. The highest BCUT2D eigenvalue weighted by molar-refractivity contribution is 6.33. The fourth-order valence-corrected chi connectivity index (χ4v) is 8.84. The predicted octanol–water partition coefficient (Wildman–Crippen LogP) is 4.87. The fraction of sp³-hybridized carbons (Fsp3) is 0.698. The number of carbonyl (C=O) groups excluding carboxylic acids is 7. The highest BCUT2D eigenvalue weighted by Crippen LogP contribution is 2.54. The molecule has 1 saturated carbocycles. The zero-order valence-electron chi connectivity index (χ0n) is 36.9. The molecule has 63 heavy (non-hydrogen) atoms. The largest absolute Gasteiger partial charge is 0.403 e. The summed E-state index contributed by atoms with van der Waals surface area (Å²) in [6, 6.07) is -1.93. The summed E-state index contributed by atoms with van der Waals surface area (Å²) in [5, 5.41) is 11.5. The first-order chi connectivity index (χ1) is 29.4. The maximum Gasteiger partial charge on any atom is 0.403 e. The minimum Gasteiger partial charge on any atom is -0.354 e. The van der Waals surface area contributed by atoms with Crippen molar-refractivity contribution >= 4 is 64.6 Å². The molecule has 1 aliphatic carbocycles. The van der Waals surface area contributed by atoms with E-state index in [1.165, 1.54) is 30.7 Å². The number of halogens is 6. The van der Waals surface area contributed by atoms with E-state index in [1.807, 2.05) is 13.8 Å². The third-order valence-electron chi connectivity index (χ3n) is 12.4. The molecule has 4 N–H and O–H groups in total. The molecule has 14 nitrogen and oxygen atoms in total. The van der Waals surface area contributed by atoms with Gasteiger partial charge in [0.05, 0.1) is 6.54 Å². The number of likely N-dealkylation sites (N-methyl/N-ethyl adjacent to an activating group) is 2. The molecule has 0 aromatic heterocycles. The van der Waals surface area contributed by atoms with Crippen LogP contribution in [-0.2, 0) is 40.0 Å². The summed E-state index contributed by atoms with van der Waals surface area (Å²) < 4.78 is 57.2. The van der Waals surface area contributed by atoms with Gasteiger partial charge in [-0.15, -0.1) is 0 Å². The molecule has 2 aliphatic heterocycles. The van der Waals surface area contributed by atoms with Crippen molar-refractivity contribution in [1.29, 1.82) is 0 Å². The lowest BCUT2D eigenvalue weighted by Gasteiger charge is -2.44. The minimum absolute atomic E-state index is 0.0389. The SMILES string of the molecule is CC[C@H](NC(=O)[C@@H]1C[C@@H](F)CN1C(=O)C1(C(F)(F)F)CCC1)C(=O)N(CC)[C@H]1CCCCNC(=O)C(C)(C)NC(=O)[C@H](Cc2cc(Cl)ccc2Cl)N(C)C(=O)[C@H](CC(C)C)NC1=O. The summed E-state index contributed by atoms with van der Waals surface area (Å²) in [5.41, 5.74) is -3.69. The van der Waals surface area contributed by atoms with Gasteiger partial charge >= 0.3 is 6.18 Å². The molecule has 20 heteroatoms. The van der Waals surface area contributed by atoms with E-state index in [1.54, 1.807) is 32.0 Å². The van der Waals surface area contributed by atoms with Crippen molar-refractivity contribution in [3.63, 3.8) is 0 Å². The summed E-state index contributed by atoms with van der Waals surface area (Å²) in [5.74, 6) is -5.79. The van der Waals surface area contributed by atoms with Crippen LogP contribution in [0.4, 0.5) is 17.6 Å². The van der Waals surface area contributed by atoms with Crippen molar-refractivity contribution in [2.24, 2.45) is 11.3 Å². The molecule has 7 amide bonds. The maximum absolute atomic E-state index is 14.8. The number of hydrogen-bond donors (Lipinski definition) is 4. The molecule has 3 fully saturated rings. The molecule has 4 rings (SSSR count). The Kier molecular flexibility index (Phi) is 17.3. The topological polar surface area (TPSA) is 177 Å². The molecular formula is C43H61Cl2F4N7O7. The van der Waals surface area contributed by atoms with Crippen molar-refractivity contribution in [3.05, 3.63) is 33.8 Å². The number of alkyl halides is 4. The number of amides is 7. The fourth-order valence-electron chi connectivity index (χ4n) is 8.45. The number of carbonyl (C=O) groups is 7. The molecule has 2 saturated heterocycles. The van der Waals surface area contributed by atoms with Gasteiger partial charge < -0.3 is 36.0 Å². The Morgan fingerprint density at radius 3 is 2.25 bits per heavy atom. The number of hydrogen-bond acceptors (Lipinski definition) is 7. The summed E-state index contributed by atoms with van der Waals surface area (Å²) in [4.78, 5) is 101. The first kappa shape index (κ1) is 51.4. The highest BCUT2D eigenvalue weighted by atomic mass is 35.5. The van der Waals surface area contributed by atoms with Crippen LogP contribution in [0.5, 0.6) is 0 Å². The zero-order valence-corrected chi connectivity index (χ0v) is 38.4. The summed E-state index contributed by atoms with van der Waals surface area (Å²) in [6.07, 6.45) is -7.37. The molecule has 2 heterocycles. The lowest BCUT2D eigenvalue weighted by molar-refractivity contribution is -0.248. The smallest absolute Gasteiger partial charge is 0.354 e. The number of benzene rings is 1. The van der Waals surface area contributed by atoms with E-state index in [0.717, 1.165) is 0 Å². The van der Waals surface area contributed by atoms with Gasteiger partial charge in [0.15, 0.2) is 0 Å². The van der Waals surface area contributed by atoms with Crippen LogP contribution < -0.4 is 21.3 Å². The van der Waals surface area contributed by atoms with Gasteiger partial charge in [-0.1, -0.05) is 50.4 Å². The Hall–Kier alpha value is -4.19. The van der Waals surface area contributed by atoms with E-state index in [4.69, 9.17) is 23.2 Å². The second-order valence-corrected chi connectivity index (χ2v) is 18.7. The first-order valence-electron chi connectivity index (χ1n) is 21.6. The summed E-state index contributed by atoms with van der Waals surface area (Å²) in [6.45, 7) is 9.26. The van der Waals surface area contributed by atoms with Crippen molar-refractivity contribution in [1.82, 2.24) is 36.0 Å². The number of nitrogens with zero attached hydrogens (tertiary/aromatic N) is 3. The molecule has 0 spiro atoms. The van der Waals surface area contributed by atoms with Gasteiger partial charge in [0, 0.05) is 43.0 Å². The van der Waals surface area contributed by atoms with Crippen LogP contribution in [0.25, 0.3) is 0 Å². The van der Waals surface area contributed by atoms with Crippen LogP contribution in [0.2, 0.25) is 10.0 Å². The Bertz CT molecular complexity index is 1880. The first-order valence-corrected chi connectivity index (χ1v) is 22.4. The minimum atomic E-state index is -4.90. The van der Waals surface area contributed by atoms with Crippen LogP contribution in [0.15, 0.2) is 18.2 Å². The number of rotatable bonds is 11. The van der Waals surface area contributed by atoms with Gasteiger partial charge in [-0.05, 0) is 95.4 Å². The molecule has 0 unspecified atom stereocenters. The Labute approximate surface area is 376 Å². The quantitative estimate of drug-likeness (QED) is 0.229. The third kappa shape index (κ3) is 11.9. The van der Waals surface area contributed by atoms with Gasteiger partial charge in [-0.25, -0.2) is 4.39 Å². The van der Waals surface area contributed by atoms with Crippen LogP contribution in [-0.4, -0.2) is 131 Å². The third-order valence-corrected chi connectivity index (χ3v) is 13.0. The van der Waals surface area contributed by atoms with Gasteiger partial charge in [0.1, 0.15) is 47.3 Å². The molecule has 1 aromatic rings. The van der Waals surface area contributed by atoms with E-state index in [-0.39, 0.29) is 56.1 Å². The Balaban J connectivity index is 1.65. The van der Waals surface area contributed by atoms with Crippen molar-refractivity contribution in [2.45, 2.75) is 154 Å². The Morgan fingerprint density at radius 1 is 1.02 bits per heavy atom. The Morgan fingerprint density at radius 2 is 1.68 bits per heavy atom. The highest BCUT2D eigenvalue weighted by Gasteiger charge is 2.65. The second-order valence-electron chi connectivity index (χ2n) is 17.8. The zero-order chi connectivity index (χ0) is 47.2. The van der Waals surface area contributed by atoms with Crippen LogP contribution in [0.3, 0.4) is 0 Å². The standard InChI is InChI=1S/C43H61Cl2F4N7O7/c1-8-29(51-35(58)33-22-27(46)23-56(33)40(63)42(16-12-17-42)43(47,48)49)38(61)55(9-2)31-13-10-11-18-50-39(62)41(5,6)53-36(59)32(21-25-20-26(44)14-15-28(25)45)54(7)37(60)30(19-24(3)4)52-34(31)57/h14-15,20,24,27,29-33H,8-13,16-19,21-23H2,1-7H3,(H,50,62)(H,51,58)(H,52,57)(H,53,59)/t27-,29+,30+,31+,32+,33+/m1/s1. The number of likely N-dealkylation sites (tertiary alicyclic amines) is 1. The molecular weight excluding hydrogens is 873 g/mol. The van der Waals surface area contributed by atoms with Crippen molar-refractivity contribution in [2.75, 3.05) is 26.7 Å². The molecule has 352 valence electrons. The average molecular weight is 935 g/mol. The lowest BCUT2D eigenvalue weighted by Crippen LogP contribution is -2.62. The van der Waals surface area contributed by atoms with Crippen molar-refractivity contribution < 1.29 is 51.1 Å². The molecule has 3 aliphatic rings. The van der Waals surface area contributed by atoms with Gasteiger partial charge in [0.25, 0.3) is 0 Å². The van der Waals surface area contributed by atoms with Gasteiger partial charge in [0.2, 0.25) is 41.4 Å². The van der Waals surface area contributed by atoms with Crippen molar-refractivity contribution in [3.8, 4) is 0 Å². The van der Waals surface area contributed by atoms with Crippen LogP contribution in [0.1, 0.15) is 105 Å². The van der Waals surface area contributed by atoms with Gasteiger partial charge in [-0.3, -0.25) is 33.6 Å². The normalized spacial score (nSPS) is 25.4. The van der Waals surface area contributed by atoms with Gasteiger partial charge in [-0.2, -0.15) is 13.2 Å². The lowest BCUT2D eigenvalue weighted by atomic mass is 9.67. The summed E-state index contributed by atoms with van der Waals surface area (Å²) >= 11 is 12.8. The van der Waals surface area contributed by atoms with E-state index in [2.05, 4.69) is 21.3 Å². The molecule has 0 radical (unpaired) electrons. The second kappa shape index (κ2) is 21.2. The van der Waals surface area contributed by atoms with Crippen LogP contribution in [0, 0.1) is 11.3 Å². The predicted molar refractivity (Wildman–Crippen MR) is 228 cm³/mol. The average Bonchev–Trinajstić information content (AvgIpc) is 3.58. The maximum atomic E-state index is 14.8. The van der Waals surface area contributed by atoms with E-state index >= 15 is 0 Å². The number of nitrogens with one attached hydrogen (secondary N) is 4. The van der Waals surface area contributed by atoms with E-state index in [0.29, 0.717) is 28.3 Å². The monoisotopic (exact) mass is 933 g/mol. The van der Waals surface area contributed by atoms with E-state index < -0.39 is 121 Å².